The number of aromatic amines is 1. The third-order valence-corrected chi connectivity index (χ3v) is 4.30. The first kappa shape index (κ1) is 19.0. The minimum absolute atomic E-state index is 0.281. The highest BCUT2D eigenvalue weighted by Gasteiger charge is 2.24. The third-order valence-electron chi connectivity index (χ3n) is 4.30. The van der Waals surface area contributed by atoms with Crippen molar-refractivity contribution in [3.05, 3.63) is 65.9 Å². The summed E-state index contributed by atoms with van der Waals surface area (Å²) in [6, 6.07) is 12.3. The molecule has 0 aliphatic rings. The number of urea groups is 1. The van der Waals surface area contributed by atoms with E-state index in [1.165, 1.54) is 19.2 Å². The van der Waals surface area contributed by atoms with Gasteiger partial charge in [-0.1, -0.05) is 18.2 Å². The van der Waals surface area contributed by atoms with Crippen LogP contribution in [-0.4, -0.2) is 36.0 Å². The van der Waals surface area contributed by atoms with Gasteiger partial charge in [0.15, 0.2) is 0 Å². The maximum Gasteiger partial charge on any atom is 0.328 e. The highest BCUT2D eigenvalue weighted by Crippen LogP contribution is 2.19. The third kappa shape index (κ3) is 4.29. The molecule has 0 saturated heterocycles. The Bertz CT molecular complexity index is 1010. The molecule has 0 radical (unpaired) electrons. The molecule has 0 unspecified atom stereocenters. The van der Waals surface area contributed by atoms with Crippen LogP contribution in [0.1, 0.15) is 15.9 Å². The molecule has 1 atom stereocenters. The number of nitrogens with two attached hydrogens (primary N) is 1. The van der Waals surface area contributed by atoms with Crippen LogP contribution in [0.5, 0.6) is 0 Å². The molecule has 2 aromatic carbocycles. The van der Waals surface area contributed by atoms with Crippen LogP contribution >= 0.6 is 0 Å². The van der Waals surface area contributed by atoms with E-state index in [1.54, 1.807) is 12.1 Å². The molecule has 5 N–H and O–H groups in total. The van der Waals surface area contributed by atoms with Crippen molar-refractivity contribution in [3.63, 3.8) is 0 Å². The lowest BCUT2D eigenvalue weighted by atomic mass is 10.0. The van der Waals surface area contributed by atoms with Gasteiger partial charge in [-0.15, -0.1) is 0 Å². The van der Waals surface area contributed by atoms with Crippen molar-refractivity contribution in [2.45, 2.75) is 12.5 Å². The second kappa shape index (κ2) is 8.26. The molecular formula is C20H20N4O4. The molecule has 3 aromatic rings. The lowest BCUT2D eigenvalue weighted by Gasteiger charge is -2.16. The van der Waals surface area contributed by atoms with Gasteiger partial charge in [0.25, 0.3) is 5.91 Å². The van der Waals surface area contributed by atoms with Gasteiger partial charge in [-0.25, -0.2) is 9.59 Å². The van der Waals surface area contributed by atoms with E-state index < -0.39 is 23.9 Å². The Morgan fingerprint density at radius 2 is 1.82 bits per heavy atom. The van der Waals surface area contributed by atoms with E-state index in [1.807, 2.05) is 30.5 Å². The number of fused-ring (bicyclic) bond motifs is 1. The van der Waals surface area contributed by atoms with Crippen molar-refractivity contribution in [2.24, 2.45) is 5.73 Å². The Balaban J connectivity index is 1.76. The number of H-pyrrole nitrogens is 1. The molecule has 1 heterocycles. The highest BCUT2D eigenvalue weighted by molar-refractivity contribution is 5.98. The van der Waals surface area contributed by atoms with Gasteiger partial charge in [-0.2, -0.15) is 0 Å². The molecule has 8 heteroatoms. The number of benzene rings is 2. The van der Waals surface area contributed by atoms with E-state index in [4.69, 9.17) is 10.5 Å². The number of para-hydroxylation sites is 1. The summed E-state index contributed by atoms with van der Waals surface area (Å²) in [5.41, 5.74) is 7.70. The number of rotatable bonds is 6. The largest absolute Gasteiger partial charge is 0.467 e. The van der Waals surface area contributed by atoms with Gasteiger partial charge >= 0.3 is 12.0 Å². The summed E-state index contributed by atoms with van der Waals surface area (Å²) in [6.45, 7) is 0. The van der Waals surface area contributed by atoms with Crippen LogP contribution in [0.3, 0.4) is 0 Å². The Morgan fingerprint density at radius 1 is 1.11 bits per heavy atom. The molecule has 0 spiro atoms. The fourth-order valence-corrected chi connectivity index (χ4v) is 2.94. The van der Waals surface area contributed by atoms with Crippen LogP contribution in [0.15, 0.2) is 54.7 Å². The van der Waals surface area contributed by atoms with Crippen LogP contribution in [0.25, 0.3) is 10.9 Å². The molecule has 8 nitrogen and oxygen atoms in total. The summed E-state index contributed by atoms with van der Waals surface area (Å²) in [7, 11) is 1.28. The van der Waals surface area contributed by atoms with E-state index in [-0.39, 0.29) is 6.42 Å². The normalized spacial score (nSPS) is 11.6. The summed E-state index contributed by atoms with van der Waals surface area (Å²) < 4.78 is 4.85. The number of methoxy groups -OCH3 is 1. The molecule has 1 aromatic heterocycles. The van der Waals surface area contributed by atoms with Crippen LogP contribution < -0.4 is 16.4 Å². The van der Waals surface area contributed by atoms with Gasteiger partial charge in [0, 0.05) is 34.8 Å². The fraction of sp³-hybridized carbons (Fsp3) is 0.150. The number of anilines is 1. The van der Waals surface area contributed by atoms with E-state index in [0.29, 0.717) is 11.3 Å². The van der Waals surface area contributed by atoms with Crippen LogP contribution in [0.2, 0.25) is 0 Å². The summed E-state index contributed by atoms with van der Waals surface area (Å²) >= 11 is 0. The molecule has 28 heavy (non-hydrogen) atoms. The zero-order valence-corrected chi connectivity index (χ0v) is 15.2. The minimum Gasteiger partial charge on any atom is -0.467 e. The predicted octanol–water partition coefficient (Wildman–Crippen LogP) is 2.17. The van der Waals surface area contributed by atoms with E-state index in [0.717, 1.165) is 16.5 Å². The number of primary amides is 1. The molecule has 0 saturated carbocycles. The molecule has 0 aliphatic carbocycles. The Labute approximate surface area is 161 Å². The number of aromatic nitrogens is 1. The molecule has 3 rings (SSSR count). The van der Waals surface area contributed by atoms with Crippen molar-refractivity contribution in [1.82, 2.24) is 10.3 Å². The number of ether oxygens (including phenoxy) is 1. The first-order valence-corrected chi connectivity index (χ1v) is 8.58. The number of carbonyl (C=O) groups is 3. The topological polar surface area (TPSA) is 126 Å². The van der Waals surface area contributed by atoms with Gasteiger partial charge in [0.05, 0.1) is 7.11 Å². The van der Waals surface area contributed by atoms with Crippen molar-refractivity contribution in [2.75, 3.05) is 12.4 Å². The second-order valence-corrected chi connectivity index (χ2v) is 6.18. The summed E-state index contributed by atoms with van der Waals surface area (Å²) in [6.07, 6.45) is 2.10. The monoisotopic (exact) mass is 380 g/mol. The Hall–Kier alpha value is -3.81. The minimum atomic E-state index is -0.847. The summed E-state index contributed by atoms with van der Waals surface area (Å²) in [4.78, 5) is 38.8. The SMILES string of the molecule is COC(=O)[C@@H](Cc1c[nH]c2ccccc12)NC(=O)c1ccc(NC(N)=O)cc1. The second-order valence-electron chi connectivity index (χ2n) is 6.18. The molecule has 144 valence electrons. The fourth-order valence-electron chi connectivity index (χ4n) is 2.94. The van der Waals surface area contributed by atoms with Crippen molar-refractivity contribution < 1.29 is 19.1 Å². The van der Waals surface area contributed by atoms with E-state index in [2.05, 4.69) is 15.6 Å². The zero-order chi connectivity index (χ0) is 20.1. The number of amides is 3. The van der Waals surface area contributed by atoms with Gasteiger partial charge in [0.2, 0.25) is 0 Å². The van der Waals surface area contributed by atoms with Gasteiger partial charge < -0.3 is 26.1 Å². The zero-order valence-electron chi connectivity index (χ0n) is 15.2. The first-order chi connectivity index (χ1) is 13.5. The maximum atomic E-state index is 12.6. The molecule has 0 bridgehead atoms. The summed E-state index contributed by atoms with van der Waals surface area (Å²) in [5, 5.41) is 6.10. The number of nitrogens with one attached hydrogen (secondary N) is 3. The molecule has 3 amide bonds. The number of hydrogen-bond donors (Lipinski definition) is 4. The average molecular weight is 380 g/mol. The molecular weight excluding hydrogens is 360 g/mol. The Morgan fingerprint density at radius 3 is 2.50 bits per heavy atom. The van der Waals surface area contributed by atoms with Crippen LogP contribution in [0.4, 0.5) is 10.5 Å². The van der Waals surface area contributed by atoms with Gasteiger partial charge in [0.1, 0.15) is 6.04 Å². The number of hydrogen-bond acceptors (Lipinski definition) is 4. The van der Waals surface area contributed by atoms with Crippen LogP contribution in [0, 0.1) is 0 Å². The van der Waals surface area contributed by atoms with Crippen LogP contribution in [-0.2, 0) is 16.0 Å². The van der Waals surface area contributed by atoms with Crippen molar-refractivity contribution >= 4 is 34.5 Å². The maximum absolute atomic E-state index is 12.6. The van der Waals surface area contributed by atoms with Crippen molar-refractivity contribution in [3.8, 4) is 0 Å². The van der Waals surface area contributed by atoms with Crippen molar-refractivity contribution in [1.29, 1.82) is 0 Å². The molecule has 0 aliphatic heterocycles. The number of carbonyl (C=O) groups excluding carboxylic acids is 3. The highest BCUT2D eigenvalue weighted by atomic mass is 16.5. The standard InChI is InChI=1S/C20H20N4O4/c1-28-19(26)17(10-13-11-22-16-5-3-2-4-15(13)16)24-18(25)12-6-8-14(9-7-12)23-20(21)27/h2-9,11,17,22H,10H2,1H3,(H,24,25)(H3,21,23,27)/t17-/m1/s1. The van der Waals surface area contributed by atoms with Gasteiger partial charge in [-0.3, -0.25) is 4.79 Å². The smallest absolute Gasteiger partial charge is 0.328 e. The predicted molar refractivity (Wildman–Crippen MR) is 105 cm³/mol. The molecule has 0 fully saturated rings. The lowest BCUT2D eigenvalue weighted by Crippen LogP contribution is -2.43. The van der Waals surface area contributed by atoms with E-state index >= 15 is 0 Å². The Kier molecular flexibility index (Phi) is 5.59. The quantitative estimate of drug-likeness (QED) is 0.489. The number of esters is 1. The summed E-state index contributed by atoms with van der Waals surface area (Å²) in [5.74, 6) is -0.966. The van der Waals surface area contributed by atoms with E-state index in [9.17, 15) is 14.4 Å². The average Bonchev–Trinajstić information content (AvgIpc) is 3.10. The first-order valence-electron chi connectivity index (χ1n) is 8.58. The van der Waals surface area contributed by atoms with Gasteiger partial charge in [-0.05, 0) is 35.9 Å². The lowest BCUT2D eigenvalue weighted by molar-refractivity contribution is -0.142.